The summed E-state index contributed by atoms with van der Waals surface area (Å²) in [6, 6.07) is 3.19. The maximum Gasteiger partial charge on any atom is 0.269 e. The number of nitrogens with one attached hydrogen (secondary N) is 1. The van der Waals surface area contributed by atoms with Crippen LogP contribution < -0.4 is 15.0 Å². The number of nitrogens with zero attached hydrogens (tertiary/aromatic N) is 1. The second-order valence-corrected chi connectivity index (χ2v) is 4.94. The molecule has 1 aliphatic heterocycles. The van der Waals surface area contributed by atoms with Crippen LogP contribution in [0, 0.1) is 0 Å². The van der Waals surface area contributed by atoms with Crippen molar-refractivity contribution in [3.05, 3.63) is 32.0 Å². The van der Waals surface area contributed by atoms with Crippen LogP contribution in [0.15, 0.2) is 21.4 Å². The van der Waals surface area contributed by atoms with E-state index >= 15 is 0 Å². The van der Waals surface area contributed by atoms with E-state index in [0.717, 1.165) is 0 Å². The lowest BCUT2D eigenvalue weighted by molar-refractivity contribution is 0.174. The molecular weight excluding hydrogens is 339 g/mol. The van der Waals surface area contributed by atoms with E-state index in [1.165, 1.54) is 0 Å². The van der Waals surface area contributed by atoms with E-state index in [9.17, 15) is 9.90 Å². The molecule has 1 aromatic carbocycles. The van der Waals surface area contributed by atoms with Crippen LogP contribution in [0.2, 0.25) is 5.02 Å². The number of aromatic hydroxyl groups is 1. The van der Waals surface area contributed by atoms with E-state index in [0.29, 0.717) is 22.1 Å². The van der Waals surface area contributed by atoms with Crippen molar-refractivity contribution < 1.29 is 14.6 Å². The van der Waals surface area contributed by atoms with Crippen LogP contribution >= 0.6 is 27.5 Å². The zero-order valence-electron chi connectivity index (χ0n) is 9.24. The zero-order valence-corrected chi connectivity index (χ0v) is 11.6. The number of ether oxygens (including phenoxy) is 2. The van der Waals surface area contributed by atoms with Crippen LogP contribution in [0.25, 0.3) is 11.4 Å². The van der Waals surface area contributed by atoms with Crippen molar-refractivity contribution in [2.75, 3.05) is 6.79 Å². The molecule has 98 valence electrons. The van der Waals surface area contributed by atoms with E-state index in [-0.39, 0.29) is 17.1 Å². The molecule has 0 aliphatic carbocycles. The van der Waals surface area contributed by atoms with Crippen molar-refractivity contribution in [3.8, 4) is 28.8 Å². The van der Waals surface area contributed by atoms with Crippen LogP contribution in [-0.4, -0.2) is 21.9 Å². The first-order valence-corrected chi connectivity index (χ1v) is 6.31. The molecule has 8 heteroatoms. The molecule has 0 radical (unpaired) electrons. The third-order valence-electron chi connectivity index (χ3n) is 2.55. The normalized spacial score (nSPS) is 12.7. The van der Waals surface area contributed by atoms with Gasteiger partial charge in [-0.25, -0.2) is 0 Å². The Morgan fingerprint density at radius 3 is 2.95 bits per heavy atom. The van der Waals surface area contributed by atoms with Gasteiger partial charge in [-0.3, -0.25) is 4.79 Å². The Morgan fingerprint density at radius 1 is 1.42 bits per heavy atom. The molecule has 1 aromatic heterocycles. The minimum absolute atomic E-state index is 0.0249. The average Bonchev–Trinajstić information content (AvgIpc) is 2.84. The molecule has 0 saturated heterocycles. The molecule has 6 nitrogen and oxygen atoms in total. The Labute approximate surface area is 120 Å². The minimum Gasteiger partial charge on any atom is -0.492 e. The topological polar surface area (TPSA) is 84.4 Å². The highest BCUT2D eigenvalue weighted by Crippen LogP contribution is 2.41. The van der Waals surface area contributed by atoms with E-state index < -0.39 is 11.4 Å². The van der Waals surface area contributed by atoms with Crippen LogP contribution in [0.3, 0.4) is 0 Å². The van der Waals surface area contributed by atoms with E-state index in [2.05, 4.69) is 25.9 Å². The SMILES string of the molecule is O=c1[nH]c(-c2cc(Cl)c3c(c2)OCO3)nc(O)c1Br. The molecule has 0 bridgehead atoms. The third kappa shape index (κ3) is 2.04. The van der Waals surface area contributed by atoms with E-state index in [1.807, 2.05) is 0 Å². The lowest BCUT2D eigenvalue weighted by atomic mass is 10.2. The summed E-state index contributed by atoms with van der Waals surface area (Å²) in [5.74, 6) is 0.708. The number of rotatable bonds is 1. The summed E-state index contributed by atoms with van der Waals surface area (Å²) >= 11 is 8.96. The number of hydrogen-bond donors (Lipinski definition) is 2. The predicted molar refractivity (Wildman–Crippen MR) is 70.8 cm³/mol. The average molecular weight is 346 g/mol. The summed E-state index contributed by atoms with van der Waals surface area (Å²) in [6.45, 7) is 0.0913. The number of aromatic nitrogens is 2. The van der Waals surface area contributed by atoms with Crippen molar-refractivity contribution in [1.82, 2.24) is 9.97 Å². The second-order valence-electron chi connectivity index (χ2n) is 3.74. The molecule has 0 spiro atoms. The maximum atomic E-state index is 11.6. The van der Waals surface area contributed by atoms with Gasteiger partial charge in [0.1, 0.15) is 10.3 Å². The summed E-state index contributed by atoms with van der Waals surface area (Å²) in [5.41, 5.74) is 0.0189. The molecule has 2 aromatic rings. The number of fused-ring (bicyclic) bond motifs is 1. The Balaban J connectivity index is 2.18. The van der Waals surface area contributed by atoms with Crippen molar-refractivity contribution >= 4 is 27.5 Å². The molecule has 0 atom stereocenters. The molecule has 0 fully saturated rings. The Bertz CT molecular complexity index is 731. The number of benzene rings is 1. The largest absolute Gasteiger partial charge is 0.492 e. The maximum absolute atomic E-state index is 11.6. The van der Waals surface area contributed by atoms with Crippen molar-refractivity contribution in [2.45, 2.75) is 0 Å². The zero-order chi connectivity index (χ0) is 13.6. The molecule has 3 rings (SSSR count). The second kappa shape index (κ2) is 4.43. The fraction of sp³-hybridized carbons (Fsp3) is 0.0909. The number of H-pyrrole nitrogens is 1. The molecular formula is C11H6BrClN2O4. The summed E-state index contributed by atoms with van der Waals surface area (Å²) in [5, 5.41) is 9.88. The predicted octanol–water partition coefficient (Wildman–Crippen LogP) is 2.29. The van der Waals surface area contributed by atoms with Crippen LogP contribution in [-0.2, 0) is 0 Å². The molecule has 2 N–H and O–H groups in total. The van der Waals surface area contributed by atoms with Gasteiger partial charge >= 0.3 is 0 Å². The van der Waals surface area contributed by atoms with Crippen LogP contribution in [0.4, 0.5) is 0 Å². The van der Waals surface area contributed by atoms with Gasteiger partial charge in [0.15, 0.2) is 11.5 Å². The van der Waals surface area contributed by atoms with Crippen molar-refractivity contribution in [2.24, 2.45) is 0 Å². The molecule has 2 heterocycles. The quantitative estimate of drug-likeness (QED) is 0.828. The lowest BCUT2D eigenvalue weighted by Gasteiger charge is -2.05. The fourth-order valence-corrected chi connectivity index (χ4v) is 2.14. The number of halogens is 2. The molecule has 0 unspecified atom stereocenters. The highest BCUT2D eigenvalue weighted by atomic mass is 79.9. The summed E-state index contributed by atoms with van der Waals surface area (Å²) in [6.07, 6.45) is 0. The Morgan fingerprint density at radius 2 is 2.21 bits per heavy atom. The van der Waals surface area contributed by atoms with Gasteiger partial charge in [-0.15, -0.1) is 0 Å². The summed E-state index contributed by atoms with van der Waals surface area (Å²) in [7, 11) is 0. The van der Waals surface area contributed by atoms with E-state index in [1.54, 1.807) is 12.1 Å². The monoisotopic (exact) mass is 344 g/mol. The number of hydrogen-bond acceptors (Lipinski definition) is 5. The van der Waals surface area contributed by atoms with Gasteiger partial charge in [0.05, 0.1) is 5.02 Å². The fourth-order valence-electron chi connectivity index (χ4n) is 1.69. The van der Waals surface area contributed by atoms with Crippen LogP contribution in [0.1, 0.15) is 0 Å². The molecule has 19 heavy (non-hydrogen) atoms. The summed E-state index contributed by atoms with van der Waals surface area (Å²) < 4.78 is 10.4. The van der Waals surface area contributed by atoms with Gasteiger partial charge < -0.3 is 19.6 Å². The van der Waals surface area contributed by atoms with Gasteiger partial charge in [0, 0.05) is 5.56 Å². The smallest absolute Gasteiger partial charge is 0.269 e. The standard InChI is InChI=1S/C11H6BrClN2O4/c12-7-10(16)14-9(15-11(7)17)4-1-5(13)8-6(2-4)18-3-19-8/h1-2H,3H2,(H2,14,15,16,17). The van der Waals surface area contributed by atoms with Gasteiger partial charge in [0.25, 0.3) is 5.56 Å². The summed E-state index contributed by atoms with van der Waals surface area (Å²) in [4.78, 5) is 18.0. The highest BCUT2D eigenvalue weighted by molar-refractivity contribution is 9.10. The Kier molecular flexibility index (Phi) is 2.87. The highest BCUT2D eigenvalue weighted by Gasteiger charge is 2.20. The lowest BCUT2D eigenvalue weighted by Crippen LogP contribution is -2.09. The minimum atomic E-state index is -0.490. The van der Waals surface area contributed by atoms with Crippen LogP contribution in [0.5, 0.6) is 17.4 Å². The third-order valence-corrected chi connectivity index (χ3v) is 3.54. The van der Waals surface area contributed by atoms with Crippen molar-refractivity contribution in [1.29, 1.82) is 0 Å². The molecule has 0 amide bonds. The molecule has 0 saturated carbocycles. The first-order valence-electron chi connectivity index (χ1n) is 5.14. The molecule has 1 aliphatic rings. The van der Waals surface area contributed by atoms with Gasteiger partial charge in [-0.05, 0) is 28.1 Å². The van der Waals surface area contributed by atoms with Gasteiger partial charge in [-0.2, -0.15) is 4.98 Å². The van der Waals surface area contributed by atoms with Gasteiger partial charge in [-0.1, -0.05) is 11.6 Å². The first-order chi connectivity index (χ1) is 9.06. The van der Waals surface area contributed by atoms with E-state index in [4.69, 9.17) is 21.1 Å². The first kappa shape index (κ1) is 12.3. The Hall–Kier alpha value is -1.73. The van der Waals surface area contributed by atoms with Crippen molar-refractivity contribution in [3.63, 3.8) is 0 Å². The number of aromatic amines is 1. The van der Waals surface area contributed by atoms with Gasteiger partial charge in [0.2, 0.25) is 12.7 Å².